The van der Waals surface area contributed by atoms with Crippen molar-refractivity contribution < 1.29 is 9.21 Å². The smallest absolute Gasteiger partial charge is 0.281 e. The van der Waals surface area contributed by atoms with Gasteiger partial charge < -0.3 is 8.98 Å². The number of aromatic nitrogens is 3. The zero-order valence-electron chi connectivity index (χ0n) is 16.4. The summed E-state index contributed by atoms with van der Waals surface area (Å²) in [5.74, 6) is -0.270. The van der Waals surface area contributed by atoms with Crippen LogP contribution in [0.1, 0.15) is 34.3 Å². The summed E-state index contributed by atoms with van der Waals surface area (Å²) >= 11 is 7.55. The van der Waals surface area contributed by atoms with Crippen molar-refractivity contribution in [3.63, 3.8) is 0 Å². The van der Waals surface area contributed by atoms with Crippen LogP contribution in [0.4, 0.5) is 0 Å². The molecule has 0 unspecified atom stereocenters. The molecule has 0 saturated heterocycles. The molecule has 0 aliphatic rings. The van der Waals surface area contributed by atoms with Gasteiger partial charge >= 0.3 is 0 Å². The van der Waals surface area contributed by atoms with Crippen molar-refractivity contribution in [2.75, 3.05) is 0 Å². The lowest BCUT2D eigenvalue weighted by Gasteiger charge is -2.04. The molecule has 0 N–H and O–H groups in total. The molecular weight excluding hydrogens is 422 g/mol. The molecule has 0 aliphatic carbocycles. The third kappa shape index (κ3) is 4.32. The van der Waals surface area contributed by atoms with E-state index < -0.39 is 0 Å². The average Bonchev–Trinajstić information content (AvgIpc) is 3.48. The summed E-state index contributed by atoms with van der Waals surface area (Å²) in [6.45, 7) is 2.69. The van der Waals surface area contributed by atoms with Crippen LogP contribution in [0.5, 0.6) is 0 Å². The predicted molar refractivity (Wildman–Crippen MR) is 117 cm³/mol. The van der Waals surface area contributed by atoms with Crippen LogP contribution >= 0.6 is 22.9 Å². The molecular formula is C22H20ClN3O3S. The highest BCUT2D eigenvalue weighted by Crippen LogP contribution is 2.24. The number of thiophene rings is 1. The highest BCUT2D eigenvalue weighted by atomic mass is 35.5. The Labute approximate surface area is 182 Å². The number of hydrogen-bond acceptors (Lipinski definition) is 5. The maximum Gasteiger partial charge on any atom is 0.281 e. The standard InChI is InChI=1S/C22H20ClN3O3S/c1-2-9-25-10-7-15(12-21(25)27)19-13-17(3-4-18-5-6-20(23)30-18)26(24-19)22(28)16-8-11-29-14-16/h5-8,10-14H,2-4,9H2,1H3. The fraction of sp³-hybridized carbons (Fsp3) is 0.227. The quantitative estimate of drug-likeness (QED) is 0.409. The Balaban J connectivity index is 1.68. The highest BCUT2D eigenvalue weighted by molar-refractivity contribution is 7.16. The Morgan fingerprint density at radius 1 is 1.20 bits per heavy atom. The van der Waals surface area contributed by atoms with E-state index in [1.165, 1.54) is 28.5 Å². The van der Waals surface area contributed by atoms with E-state index in [0.29, 0.717) is 29.8 Å². The van der Waals surface area contributed by atoms with E-state index in [4.69, 9.17) is 16.0 Å². The number of hydrogen-bond donors (Lipinski definition) is 0. The summed E-state index contributed by atoms with van der Waals surface area (Å²) in [5, 5.41) is 4.53. The van der Waals surface area contributed by atoms with Crippen LogP contribution in [0.25, 0.3) is 11.3 Å². The van der Waals surface area contributed by atoms with Crippen molar-refractivity contribution in [1.82, 2.24) is 14.3 Å². The summed E-state index contributed by atoms with van der Waals surface area (Å²) in [6, 6.07) is 10.7. The second-order valence-electron chi connectivity index (χ2n) is 6.90. The van der Waals surface area contributed by atoms with E-state index >= 15 is 0 Å². The molecule has 0 radical (unpaired) electrons. The summed E-state index contributed by atoms with van der Waals surface area (Å²) in [4.78, 5) is 26.4. The second-order valence-corrected chi connectivity index (χ2v) is 8.70. The van der Waals surface area contributed by atoms with Crippen LogP contribution in [0.2, 0.25) is 4.34 Å². The summed E-state index contributed by atoms with van der Waals surface area (Å²) in [7, 11) is 0. The number of carbonyl (C=O) groups excluding carboxylic acids is 1. The van der Waals surface area contributed by atoms with Crippen molar-refractivity contribution in [1.29, 1.82) is 0 Å². The molecule has 0 amide bonds. The molecule has 0 fully saturated rings. The highest BCUT2D eigenvalue weighted by Gasteiger charge is 2.18. The van der Waals surface area contributed by atoms with E-state index in [1.54, 1.807) is 22.9 Å². The number of pyridine rings is 1. The van der Waals surface area contributed by atoms with E-state index in [-0.39, 0.29) is 11.5 Å². The van der Waals surface area contributed by atoms with Gasteiger partial charge in [0, 0.05) is 34.9 Å². The molecule has 0 saturated carbocycles. The molecule has 0 bridgehead atoms. The number of rotatable bonds is 7. The molecule has 0 aliphatic heterocycles. The first-order valence-electron chi connectivity index (χ1n) is 9.66. The van der Waals surface area contributed by atoms with Crippen LogP contribution in [0.3, 0.4) is 0 Å². The molecule has 6 nitrogen and oxygen atoms in total. The van der Waals surface area contributed by atoms with Crippen molar-refractivity contribution >= 4 is 28.8 Å². The van der Waals surface area contributed by atoms with E-state index in [9.17, 15) is 9.59 Å². The Bertz CT molecular complexity index is 1220. The minimum atomic E-state index is -0.270. The van der Waals surface area contributed by atoms with Crippen molar-refractivity contribution in [2.45, 2.75) is 32.7 Å². The topological polar surface area (TPSA) is 70.0 Å². The molecule has 4 heterocycles. The predicted octanol–water partition coefficient (Wildman–Crippen LogP) is 4.90. The van der Waals surface area contributed by atoms with Crippen LogP contribution in [0.15, 0.2) is 64.3 Å². The van der Waals surface area contributed by atoms with Gasteiger partial charge in [0.1, 0.15) is 6.26 Å². The number of halogens is 1. The van der Waals surface area contributed by atoms with E-state index in [2.05, 4.69) is 5.10 Å². The largest absolute Gasteiger partial charge is 0.472 e. The third-order valence-electron chi connectivity index (χ3n) is 4.76. The van der Waals surface area contributed by atoms with E-state index in [1.807, 2.05) is 31.2 Å². The van der Waals surface area contributed by atoms with Crippen LogP contribution in [-0.2, 0) is 19.4 Å². The zero-order chi connectivity index (χ0) is 21.1. The maximum absolute atomic E-state index is 13.0. The maximum atomic E-state index is 13.0. The molecule has 154 valence electrons. The molecule has 0 spiro atoms. The summed E-state index contributed by atoms with van der Waals surface area (Å²) < 4.78 is 8.85. The van der Waals surface area contributed by atoms with Gasteiger partial charge in [0.25, 0.3) is 11.5 Å². The third-order valence-corrected chi connectivity index (χ3v) is 6.05. The fourth-order valence-corrected chi connectivity index (χ4v) is 4.34. The molecule has 8 heteroatoms. The normalized spacial score (nSPS) is 11.1. The van der Waals surface area contributed by atoms with Gasteiger partial charge in [-0.2, -0.15) is 5.10 Å². The van der Waals surface area contributed by atoms with Crippen molar-refractivity contribution in [2.24, 2.45) is 0 Å². The van der Waals surface area contributed by atoms with Crippen LogP contribution in [-0.4, -0.2) is 20.3 Å². The minimum Gasteiger partial charge on any atom is -0.472 e. The lowest BCUT2D eigenvalue weighted by atomic mass is 10.1. The Hall–Kier alpha value is -2.90. The Morgan fingerprint density at radius 3 is 2.73 bits per heavy atom. The Kier molecular flexibility index (Phi) is 6.01. The summed E-state index contributed by atoms with van der Waals surface area (Å²) in [5.41, 5.74) is 2.38. The number of furan rings is 1. The lowest BCUT2D eigenvalue weighted by molar-refractivity contribution is 0.0941. The van der Waals surface area contributed by atoms with Crippen molar-refractivity contribution in [3.05, 3.63) is 85.9 Å². The van der Waals surface area contributed by atoms with E-state index in [0.717, 1.165) is 27.7 Å². The van der Waals surface area contributed by atoms with Gasteiger partial charge in [-0.05, 0) is 49.6 Å². The first-order valence-corrected chi connectivity index (χ1v) is 10.9. The fourth-order valence-electron chi connectivity index (χ4n) is 3.25. The lowest BCUT2D eigenvalue weighted by Crippen LogP contribution is -2.18. The minimum absolute atomic E-state index is 0.0835. The van der Waals surface area contributed by atoms with Gasteiger partial charge in [-0.15, -0.1) is 11.3 Å². The first kappa shape index (κ1) is 20.4. The van der Waals surface area contributed by atoms with Gasteiger partial charge in [0.05, 0.1) is 21.9 Å². The number of nitrogens with zero attached hydrogens (tertiary/aromatic N) is 3. The molecule has 4 aromatic heterocycles. The SMILES string of the molecule is CCCn1ccc(-c2cc(CCc3ccc(Cl)s3)n(C(=O)c3ccoc3)n2)cc1=O. The molecule has 0 atom stereocenters. The van der Waals surface area contributed by atoms with Gasteiger partial charge in [-0.3, -0.25) is 9.59 Å². The summed E-state index contributed by atoms with van der Waals surface area (Å²) in [6.07, 6.45) is 6.85. The average molecular weight is 442 g/mol. The van der Waals surface area contributed by atoms with Crippen LogP contribution < -0.4 is 5.56 Å². The monoisotopic (exact) mass is 441 g/mol. The van der Waals surface area contributed by atoms with Gasteiger partial charge in [0.15, 0.2) is 0 Å². The van der Waals surface area contributed by atoms with Gasteiger partial charge in [-0.1, -0.05) is 18.5 Å². The first-order chi connectivity index (χ1) is 14.5. The zero-order valence-corrected chi connectivity index (χ0v) is 17.9. The molecule has 4 rings (SSSR count). The molecule has 30 heavy (non-hydrogen) atoms. The van der Waals surface area contributed by atoms with Crippen LogP contribution in [0, 0.1) is 0 Å². The number of aryl methyl sites for hydroxylation is 3. The molecule has 4 aromatic rings. The molecule has 0 aromatic carbocycles. The second kappa shape index (κ2) is 8.85. The van der Waals surface area contributed by atoms with Crippen molar-refractivity contribution in [3.8, 4) is 11.3 Å². The number of carbonyl (C=O) groups is 1. The van der Waals surface area contributed by atoms with Gasteiger partial charge in [-0.25, -0.2) is 4.68 Å². The van der Waals surface area contributed by atoms with Gasteiger partial charge in [0.2, 0.25) is 0 Å². The Morgan fingerprint density at radius 2 is 2.07 bits per heavy atom.